The van der Waals surface area contributed by atoms with Gasteiger partial charge in [-0.25, -0.2) is 0 Å². The van der Waals surface area contributed by atoms with Crippen LogP contribution in [-0.2, 0) is 4.79 Å². The molecule has 8 nitrogen and oxygen atoms in total. The predicted octanol–water partition coefficient (Wildman–Crippen LogP) is 3.25. The maximum absolute atomic E-state index is 12.1. The van der Waals surface area contributed by atoms with Crippen molar-refractivity contribution in [2.24, 2.45) is 10.2 Å². The first kappa shape index (κ1) is 19.3. The topological polar surface area (TPSA) is 100 Å². The highest BCUT2D eigenvalue weighted by atomic mass is 32.2. The molecule has 28 heavy (non-hydrogen) atoms. The average molecular weight is 395 g/mol. The van der Waals surface area contributed by atoms with Crippen molar-refractivity contribution in [2.75, 3.05) is 19.0 Å². The van der Waals surface area contributed by atoms with Crippen LogP contribution in [-0.4, -0.2) is 36.3 Å². The summed E-state index contributed by atoms with van der Waals surface area (Å²) in [6, 6.07) is 13.9. The standard InChI is InChI=1S/C19H17N5O3S/c1-23(2)15-8-6-13(7-9-15)11-17-18(25)21-19(28-17)22-20-12-14-4-3-5-16(10-14)24(26)27/h3-12H,1-2H3,(H,21,22,25)/b17-11-,20-12+. The summed E-state index contributed by atoms with van der Waals surface area (Å²) >= 11 is 1.19. The Balaban J connectivity index is 1.69. The van der Waals surface area contributed by atoms with Gasteiger partial charge in [0, 0.05) is 37.5 Å². The first-order valence-electron chi connectivity index (χ1n) is 8.26. The Bertz CT molecular complexity index is 997. The van der Waals surface area contributed by atoms with Crippen molar-refractivity contribution in [1.29, 1.82) is 0 Å². The lowest BCUT2D eigenvalue weighted by Crippen LogP contribution is -2.19. The number of benzene rings is 2. The fourth-order valence-corrected chi connectivity index (χ4v) is 3.14. The molecular formula is C19H17N5O3S. The van der Waals surface area contributed by atoms with Gasteiger partial charge in [-0.2, -0.15) is 5.10 Å². The van der Waals surface area contributed by atoms with E-state index in [1.54, 1.807) is 18.2 Å². The Kier molecular flexibility index (Phi) is 5.85. The number of nitrogens with zero attached hydrogens (tertiary/aromatic N) is 4. The summed E-state index contributed by atoms with van der Waals surface area (Å²) in [5.74, 6) is -0.244. The molecule has 0 aromatic heterocycles. The van der Waals surface area contributed by atoms with E-state index in [0.29, 0.717) is 15.6 Å². The normalized spacial score (nSPS) is 16.7. The summed E-state index contributed by atoms with van der Waals surface area (Å²) < 4.78 is 0. The number of amides is 1. The fraction of sp³-hybridized carbons (Fsp3) is 0.105. The lowest BCUT2D eigenvalue weighted by Gasteiger charge is -2.11. The summed E-state index contributed by atoms with van der Waals surface area (Å²) in [4.78, 5) is 24.9. The van der Waals surface area contributed by atoms with Crippen molar-refractivity contribution >= 4 is 46.5 Å². The average Bonchev–Trinajstić information content (AvgIpc) is 3.01. The number of carbonyl (C=O) groups excluding carboxylic acids is 1. The summed E-state index contributed by atoms with van der Waals surface area (Å²) in [5, 5.41) is 21.7. The minimum atomic E-state index is -0.474. The number of nitro benzene ring substituents is 1. The molecule has 1 aliphatic rings. The number of non-ortho nitro benzene ring substituents is 1. The van der Waals surface area contributed by atoms with Crippen LogP contribution in [0.3, 0.4) is 0 Å². The highest BCUT2D eigenvalue weighted by molar-refractivity contribution is 8.18. The van der Waals surface area contributed by atoms with Crippen molar-refractivity contribution in [3.8, 4) is 0 Å². The summed E-state index contributed by atoms with van der Waals surface area (Å²) in [5.41, 5.74) is 2.50. The van der Waals surface area contributed by atoms with Crippen LogP contribution in [0.15, 0.2) is 63.6 Å². The monoisotopic (exact) mass is 395 g/mol. The third kappa shape index (κ3) is 4.83. The van der Waals surface area contributed by atoms with Crippen LogP contribution in [0.2, 0.25) is 0 Å². The number of rotatable bonds is 5. The van der Waals surface area contributed by atoms with Crippen molar-refractivity contribution in [1.82, 2.24) is 5.32 Å². The third-order valence-corrected chi connectivity index (χ3v) is 4.69. The highest BCUT2D eigenvalue weighted by Crippen LogP contribution is 2.26. The molecule has 3 rings (SSSR count). The molecule has 0 saturated carbocycles. The molecule has 0 radical (unpaired) electrons. The lowest BCUT2D eigenvalue weighted by molar-refractivity contribution is -0.384. The molecule has 1 saturated heterocycles. The predicted molar refractivity (Wildman–Crippen MR) is 113 cm³/mol. The SMILES string of the molecule is CN(C)c1ccc(/C=C2\S/C(=N\N=C\c3cccc([N+](=O)[O-])c3)NC2=O)cc1. The molecule has 1 heterocycles. The number of anilines is 1. The number of thioether (sulfide) groups is 1. The van der Waals surface area contributed by atoms with Gasteiger partial charge >= 0.3 is 0 Å². The molecule has 0 unspecified atom stereocenters. The van der Waals surface area contributed by atoms with E-state index in [0.717, 1.165) is 11.3 Å². The minimum Gasteiger partial charge on any atom is -0.378 e. The van der Waals surface area contributed by atoms with Gasteiger partial charge in [-0.05, 0) is 35.5 Å². The minimum absolute atomic E-state index is 0.0225. The van der Waals surface area contributed by atoms with Crippen LogP contribution < -0.4 is 10.2 Å². The largest absolute Gasteiger partial charge is 0.378 e. The van der Waals surface area contributed by atoms with Gasteiger partial charge in [-0.1, -0.05) is 24.3 Å². The second-order valence-electron chi connectivity index (χ2n) is 6.05. The molecule has 2 aromatic carbocycles. The van der Waals surface area contributed by atoms with E-state index in [1.807, 2.05) is 43.3 Å². The van der Waals surface area contributed by atoms with Crippen molar-refractivity contribution < 1.29 is 9.72 Å². The van der Waals surface area contributed by atoms with Gasteiger partial charge in [0.1, 0.15) is 0 Å². The van der Waals surface area contributed by atoms with Gasteiger partial charge in [0.05, 0.1) is 16.0 Å². The molecule has 2 aromatic rings. The van der Waals surface area contributed by atoms with Gasteiger partial charge in [0.25, 0.3) is 11.6 Å². The smallest absolute Gasteiger partial charge is 0.270 e. The molecule has 0 atom stereocenters. The Morgan fingerprint density at radius 1 is 1.14 bits per heavy atom. The Morgan fingerprint density at radius 2 is 1.89 bits per heavy atom. The molecule has 9 heteroatoms. The number of hydrogen-bond donors (Lipinski definition) is 1. The zero-order valence-corrected chi connectivity index (χ0v) is 16.0. The second-order valence-corrected chi connectivity index (χ2v) is 7.08. The maximum Gasteiger partial charge on any atom is 0.270 e. The van der Waals surface area contributed by atoms with Gasteiger partial charge < -0.3 is 4.90 Å². The Morgan fingerprint density at radius 3 is 2.57 bits per heavy atom. The molecule has 1 N–H and O–H groups in total. The van der Waals surface area contributed by atoms with Crippen molar-refractivity contribution in [3.05, 3.63) is 74.7 Å². The van der Waals surface area contributed by atoms with E-state index in [-0.39, 0.29) is 11.6 Å². The third-order valence-electron chi connectivity index (χ3n) is 3.79. The Labute approximate surface area is 165 Å². The molecule has 0 spiro atoms. The van der Waals surface area contributed by atoms with Gasteiger partial charge in [0.2, 0.25) is 0 Å². The van der Waals surface area contributed by atoms with E-state index >= 15 is 0 Å². The lowest BCUT2D eigenvalue weighted by atomic mass is 10.2. The van der Waals surface area contributed by atoms with Gasteiger partial charge in [0.15, 0.2) is 5.17 Å². The van der Waals surface area contributed by atoms with Crippen molar-refractivity contribution in [3.63, 3.8) is 0 Å². The van der Waals surface area contributed by atoms with Crippen LogP contribution in [0.5, 0.6) is 0 Å². The quantitative estimate of drug-likeness (QED) is 0.362. The number of nitrogens with one attached hydrogen (secondary N) is 1. The van der Waals surface area contributed by atoms with Crippen LogP contribution in [0.25, 0.3) is 6.08 Å². The Hall–Kier alpha value is -3.46. The van der Waals surface area contributed by atoms with E-state index in [4.69, 9.17) is 0 Å². The fourth-order valence-electron chi connectivity index (χ4n) is 2.36. The number of amidine groups is 1. The highest BCUT2D eigenvalue weighted by Gasteiger charge is 2.23. The maximum atomic E-state index is 12.1. The molecular weight excluding hydrogens is 378 g/mol. The zero-order valence-electron chi connectivity index (χ0n) is 15.2. The molecule has 0 bridgehead atoms. The van der Waals surface area contributed by atoms with Gasteiger partial charge in [-0.3, -0.25) is 20.2 Å². The van der Waals surface area contributed by atoms with Crippen molar-refractivity contribution in [2.45, 2.75) is 0 Å². The molecule has 0 aliphatic carbocycles. The van der Waals surface area contributed by atoms with E-state index in [1.165, 1.54) is 30.1 Å². The first-order valence-corrected chi connectivity index (χ1v) is 9.08. The molecule has 1 amide bonds. The summed E-state index contributed by atoms with van der Waals surface area (Å²) in [6.45, 7) is 0. The van der Waals surface area contributed by atoms with Crippen LogP contribution in [0.4, 0.5) is 11.4 Å². The first-order chi connectivity index (χ1) is 13.4. The summed E-state index contributed by atoms with van der Waals surface area (Å²) in [7, 11) is 3.93. The molecule has 142 valence electrons. The number of nitro groups is 1. The van der Waals surface area contributed by atoms with Crippen LogP contribution >= 0.6 is 11.8 Å². The van der Waals surface area contributed by atoms with Crippen LogP contribution in [0.1, 0.15) is 11.1 Å². The molecule has 1 fully saturated rings. The number of carbonyl (C=O) groups is 1. The van der Waals surface area contributed by atoms with Crippen LogP contribution in [0, 0.1) is 10.1 Å². The van der Waals surface area contributed by atoms with E-state index < -0.39 is 4.92 Å². The number of hydrogen-bond acceptors (Lipinski definition) is 7. The van der Waals surface area contributed by atoms with Gasteiger partial charge in [-0.15, -0.1) is 5.10 Å². The second kappa shape index (κ2) is 8.49. The molecule has 1 aliphatic heterocycles. The summed E-state index contributed by atoms with van der Waals surface area (Å²) in [6.07, 6.45) is 3.18. The van der Waals surface area contributed by atoms with E-state index in [9.17, 15) is 14.9 Å². The van der Waals surface area contributed by atoms with E-state index in [2.05, 4.69) is 15.5 Å². The zero-order chi connectivity index (χ0) is 20.1.